The van der Waals surface area contributed by atoms with E-state index in [0.717, 1.165) is 67.2 Å². The van der Waals surface area contributed by atoms with Crippen molar-refractivity contribution < 1.29 is 23.4 Å². The number of aromatic nitrogens is 4. The van der Waals surface area contributed by atoms with Crippen LogP contribution in [-0.2, 0) is 9.16 Å². The summed E-state index contributed by atoms with van der Waals surface area (Å²) in [5, 5.41) is 8.96. The lowest BCUT2D eigenvalue weighted by Crippen LogP contribution is -2.54. The van der Waals surface area contributed by atoms with Gasteiger partial charge in [0.2, 0.25) is 5.88 Å². The molecule has 286 valence electrons. The van der Waals surface area contributed by atoms with Crippen molar-refractivity contribution in [2.24, 2.45) is 0 Å². The molecule has 1 aromatic carbocycles. The number of anilines is 3. The summed E-state index contributed by atoms with van der Waals surface area (Å²) in [4.78, 5) is 14.0. The molecule has 12 nitrogen and oxygen atoms in total. The number of methoxy groups -OCH3 is 1. The Morgan fingerprint density at radius 2 is 1.69 bits per heavy atom. The Bertz CT molecular complexity index is 1900. The normalized spacial score (nSPS) is 21.3. The minimum Gasteiger partial charge on any atom is -0.489 e. The number of nitrogens with zero attached hydrogens (tertiary/aromatic N) is 6. The van der Waals surface area contributed by atoms with Gasteiger partial charge in [0.1, 0.15) is 23.7 Å². The quantitative estimate of drug-likeness (QED) is 0.102. The zero-order chi connectivity index (χ0) is 37.9. The first-order valence-corrected chi connectivity index (χ1v) is 21.8. The second-order valence-electron chi connectivity index (χ2n) is 15.9. The summed E-state index contributed by atoms with van der Waals surface area (Å²) in [5.41, 5.74) is 10.9. The summed E-state index contributed by atoms with van der Waals surface area (Å²) in [5.74, 6) is 2.52. The van der Waals surface area contributed by atoms with Crippen LogP contribution >= 0.6 is 0 Å². The van der Waals surface area contributed by atoms with Crippen molar-refractivity contribution in [2.75, 3.05) is 49.1 Å². The van der Waals surface area contributed by atoms with Gasteiger partial charge in [-0.15, -0.1) is 10.2 Å². The zero-order valence-corrected chi connectivity index (χ0v) is 33.3. The molecule has 2 atom stereocenters. The summed E-state index contributed by atoms with van der Waals surface area (Å²) >= 11 is 0. The molecule has 3 fully saturated rings. The Balaban J connectivity index is 0.911. The maximum atomic E-state index is 6.44. The van der Waals surface area contributed by atoms with Crippen molar-refractivity contribution in [2.45, 2.75) is 88.9 Å². The third-order valence-corrected chi connectivity index (χ3v) is 15.7. The predicted molar refractivity (Wildman–Crippen MR) is 215 cm³/mol. The molecular weight excluding hydrogens is 699 g/mol. The minimum absolute atomic E-state index is 0.0591. The van der Waals surface area contributed by atoms with Gasteiger partial charge in [0.25, 0.3) is 0 Å². The van der Waals surface area contributed by atoms with Gasteiger partial charge in [-0.25, -0.2) is 4.98 Å². The van der Waals surface area contributed by atoms with E-state index < -0.39 is 8.32 Å². The van der Waals surface area contributed by atoms with Gasteiger partial charge in [-0.3, -0.25) is 4.98 Å². The van der Waals surface area contributed by atoms with Crippen molar-refractivity contribution in [1.82, 2.24) is 20.2 Å². The zero-order valence-electron chi connectivity index (χ0n) is 32.3. The molecule has 13 heteroatoms. The average molecular weight is 752 g/mol. The molecule has 2 unspecified atom stereocenters. The van der Waals surface area contributed by atoms with Crippen LogP contribution in [0.1, 0.15) is 52.1 Å². The number of pyridine rings is 2. The predicted octanol–water partition coefficient (Wildman–Crippen LogP) is 7.38. The monoisotopic (exact) mass is 751 g/mol. The third kappa shape index (κ3) is 8.48. The van der Waals surface area contributed by atoms with E-state index in [4.69, 9.17) is 29.1 Å². The Morgan fingerprint density at radius 3 is 2.41 bits per heavy atom. The molecule has 2 aliphatic heterocycles. The van der Waals surface area contributed by atoms with E-state index in [1.165, 1.54) is 0 Å². The maximum Gasteiger partial charge on any atom is 0.215 e. The Kier molecular flexibility index (Phi) is 11.1. The third-order valence-electron chi connectivity index (χ3n) is 11.2. The lowest BCUT2D eigenvalue weighted by molar-refractivity contribution is 0.00210. The van der Waals surface area contributed by atoms with E-state index in [0.29, 0.717) is 41.8 Å². The first kappa shape index (κ1) is 37.6. The minimum atomic E-state index is -1.76. The number of para-hydroxylation sites is 1. The van der Waals surface area contributed by atoms with E-state index in [2.05, 4.69) is 76.0 Å². The summed E-state index contributed by atoms with van der Waals surface area (Å²) in [6, 6.07) is 18.6. The maximum absolute atomic E-state index is 6.44. The number of benzene rings is 1. The first-order chi connectivity index (χ1) is 26.0. The highest BCUT2D eigenvalue weighted by atomic mass is 28.4. The second kappa shape index (κ2) is 15.9. The van der Waals surface area contributed by atoms with Gasteiger partial charge >= 0.3 is 0 Å². The topological polar surface area (TPSA) is 130 Å². The Labute approximate surface area is 319 Å². The van der Waals surface area contributed by atoms with Gasteiger partial charge < -0.3 is 38.9 Å². The lowest BCUT2D eigenvalue weighted by Gasteiger charge is -2.43. The SMILES string of the molecule is COCOc1ccccc1-c1cc(N2CC3CCC(C2)N3c2ccnc(OC3CC(Oc4ccc(C=CCO[Si](C)(C)C(C)(C)C)nc4)C3)c2)c(N)nn1. The average Bonchev–Trinajstić information content (AvgIpc) is 3.41. The Hall–Kier alpha value is -4.72. The Morgan fingerprint density at radius 1 is 0.926 bits per heavy atom. The molecule has 2 N–H and O–H groups in total. The highest BCUT2D eigenvalue weighted by molar-refractivity contribution is 6.74. The van der Waals surface area contributed by atoms with Gasteiger partial charge in [0.05, 0.1) is 29.9 Å². The van der Waals surface area contributed by atoms with Crippen LogP contribution in [0.5, 0.6) is 17.4 Å². The van der Waals surface area contributed by atoms with Gasteiger partial charge in [-0.05, 0) is 73.4 Å². The van der Waals surface area contributed by atoms with Crippen LogP contribution in [0.2, 0.25) is 18.1 Å². The molecular formula is C41H53N7O5Si. The second-order valence-corrected chi connectivity index (χ2v) is 20.7. The van der Waals surface area contributed by atoms with Crippen LogP contribution in [0, 0.1) is 0 Å². The highest BCUT2D eigenvalue weighted by Crippen LogP contribution is 2.40. The van der Waals surface area contributed by atoms with Crippen molar-refractivity contribution in [3.05, 3.63) is 78.8 Å². The van der Waals surface area contributed by atoms with E-state index >= 15 is 0 Å². The molecule has 4 aromatic rings. The molecule has 1 saturated carbocycles. The van der Waals surface area contributed by atoms with Crippen molar-refractivity contribution in [3.8, 4) is 28.6 Å². The van der Waals surface area contributed by atoms with Crippen molar-refractivity contribution >= 4 is 31.6 Å². The highest BCUT2D eigenvalue weighted by Gasteiger charge is 2.41. The number of nitrogen functional groups attached to an aromatic ring is 1. The van der Waals surface area contributed by atoms with Crippen molar-refractivity contribution in [3.63, 3.8) is 0 Å². The molecule has 0 radical (unpaired) electrons. The molecule has 5 heterocycles. The molecule has 3 aromatic heterocycles. The molecule has 2 saturated heterocycles. The van der Waals surface area contributed by atoms with E-state index in [1.54, 1.807) is 13.3 Å². The number of ether oxygens (including phenoxy) is 4. The van der Waals surface area contributed by atoms with Crippen LogP contribution in [-0.4, -0.2) is 86.4 Å². The fourth-order valence-electron chi connectivity index (χ4n) is 7.12. The first-order valence-electron chi connectivity index (χ1n) is 18.9. The fourth-order valence-corrected chi connectivity index (χ4v) is 8.07. The molecule has 0 amide bonds. The number of hydrogen-bond acceptors (Lipinski definition) is 12. The number of nitrogens with two attached hydrogens (primary N) is 1. The van der Waals surface area contributed by atoms with Gasteiger partial charge in [0, 0.05) is 68.6 Å². The largest absolute Gasteiger partial charge is 0.489 e. The molecule has 2 bridgehead atoms. The number of rotatable bonds is 14. The van der Waals surface area contributed by atoms with Crippen molar-refractivity contribution in [1.29, 1.82) is 0 Å². The summed E-state index contributed by atoms with van der Waals surface area (Å²) < 4.78 is 29.7. The summed E-state index contributed by atoms with van der Waals surface area (Å²) in [7, 11) is -0.163. The van der Waals surface area contributed by atoms with E-state index in [-0.39, 0.29) is 24.0 Å². The summed E-state index contributed by atoms with van der Waals surface area (Å²) in [6.07, 6.45) is 11.6. The smallest absolute Gasteiger partial charge is 0.215 e. The van der Waals surface area contributed by atoms with Gasteiger partial charge in [-0.1, -0.05) is 39.0 Å². The van der Waals surface area contributed by atoms with E-state index in [9.17, 15) is 0 Å². The number of piperazine rings is 1. The van der Waals surface area contributed by atoms with Crippen LogP contribution in [0.25, 0.3) is 17.3 Å². The summed E-state index contributed by atoms with van der Waals surface area (Å²) in [6.45, 7) is 13.7. The lowest BCUT2D eigenvalue weighted by atomic mass is 9.92. The fraction of sp³-hybridized carbons (Fsp3) is 0.463. The molecule has 1 aliphatic carbocycles. The standard InChI is InChI=1S/C41H53N7O5Si/c1-41(2,3)54(5,6)51-19-9-10-28-13-16-32(24-44-28)52-33-21-34(22-33)53-39-20-29(17-18-43-39)48-30-14-15-31(48)26-47(25-30)37-23-36(45-46-40(37)42)35-11-7-8-12-38(35)50-27-49-4/h7-13,16-18,20,23-24,30-31,33-34H,14-15,19,21-22,25-27H2,1-6H3,(H2,42,46). The van der Waals surface area contributed by atoms with Gasteiger partial charge in [0.15, 0.2) is 20.9 Å². The molecule has 0 spiro atoms. The van der Waals surface area contributed by atoms with Crippen LogP contribution in [0.4, 0.5) is 17.2 Å². The molecule has 3 aliphatic rings. The van der Waals surface area contributed by atoms with Gasteiger partial charge in [-0.2, -0.15) is 0 Å². The molecule has 7 rings (SSSR count). The van der Waals surface area contributed by atoms with Crippen LogP contribution < -0.4 is 29.7 Å². The van der Waals surface area contributed by atoms with Crippen LogP contribution in [0.15, 0.2) is 73.1 Å². The number of fused-ring (bicyclic) bond motifs is 2. The van der Waals surface area contributed by atoms with E-state index in [1.807, 2.05) is 60.8 Å². The number of hydrogen-bond donors (Lipinski definition) is 1. The van der Waals surface area contributed by atoms with Crippen LogP contribution in [0.3, 0.4) is 0 Å². The molecule has 54 heavy (non-hydrogen) atoms.